The van der Waals surface area contributed by atoms with Gasteiger partial charge in [-0.3, -0.25) is 9.59 Å². The highest BCUT2D eigenvalue weighted by atomic mass is 16.5. The molecule has 0 heterocycles. The zero-order valence-electron chi connectivity index (χ0n) is 13.2. The van der Waals surface area contributed by atoms with Gasteiger partial charge in [-0.25, -0.2) is 0 Å². The van der Waals surface area contributed by atoms with Gasteiger partial charge in [0.05, 0.1) is 13.5 Å². The summed E-state index contributed by atoms with van der Waals surface area (Å²) in [7, 11) is 1.26. The van der Waals surface area contributed by atoms with Crippen molar-refractivity contribution in [1.82, 2.24) is 0 Å². The Morgan fingerprint density at radius 1 is 1.12 bits per heavy atom. The molecular weight excluding hydrogens is 312 g/mol. The number of hydrogen-bond donors (Lipinski definition) is 3. The number of hydrogen-bond acceptors (Lipinski definition) is 5. The highest BCUT2D eigenvalue weighted by molar-refractivity contribution is 5.81. The van der Waals surface area contributed by atoms with Crippen LogP contribution in [-0.4, -0.2) is 34.4 Å². The van der Waals surface area contributed by atoms with E-state index in [1.165, 1.54) is 19.2 Å². The van der Waals surface area contributed by atoms with Crippen molar-refractivity contribution in [2.75, 3.05) is 7.11 Å². The molecule has 0 atom stereocenters. The van der Waals surface area contributed by atoms with E-state index in [1.807, 2.05) is 0 Å². The lowest BCUT2D eigenvalue weighted by Gasteiger charge is -2.13. The zero-order valence-corrected chi connectivity index (χ0v) is 13.2. The molecule has 2 aromatic rings. The number of phenols is 2. The van der Waals surface area contributed by atoms with E-state index in [9.17, 15) is 19.8 Å². The molecule has 0 aromatic heterocycles. The van der Waals surface area contributed by atoms with Gasteiger partial charge in [-0.1, -0.05) is 24.3 Å². The van der Waals surface area contributed by atoms with E-state index >= 15 is 0 Å². The number of aryl methyl sites for hydroxylation is 1. The molecule has 6 nitrogen and oxygen atoms in total. The van der Waals surface area contributed by atoms with Crippen LogP contribution < -0.4 is 0 Å². The van der Waals surface area contributed by atoms with E-state index in [0.717, 1.165) is 5.56 Å². The lowest BCUT2D eigenvalue weighted by atomic mass is 9.94. The SMILES string of the molecule is COC(=O)Cc1cc(O)cc(O)c1-c1cccc(CCC(=O)O)c1. The molecule has 0 amide bonds. The Labute approximate surface area is 138 Å². The zero-order chi connectivity index (χ0) is 17.7. The quantitative estimate of drug-likeness (QED) is 0.703. The van der Waals surface area contributed by atoms with E-state index in [1.54, 1.807) is 24.3 Å². The van der Waals surface area contributed by atoms with Crippen molar-refractivity contribution in [1.29, 1.82) is 0 Å². The molecule has 2 rings (SSSR count). The molecule has 0 unspecified atom stereocenters. The molecule has 0 radical (unpaired) electrons. The summed E-state index contributed by atoms with van der Waals surface area (Å²) in [6.45, 7) is 0. The summed E-state index contributed by atoms with van der Waals surface area (Å²) in [5, 5.41) is 28.7. The number of aromatic hydroxyl groups is 2. The molecule has 0 bridgehead atoms. The maximum absolute atomic E-state index is 11.6. The standard InChI is InChI=1S/C18H18O6/c1-24-17(23)9-13-8-14(19)10-15(20)18(13)12-4-2-3-11(7-12)5-6-16(21)22/h2-4,7-8,10,19-20H,5-6,9H2,1H3,(H,21,22). The van der Waals surface area contributed by atoms with Crippen LogP contribution in [0, 0.1) is 0 Å². The van der Waals surface area contributed by atoms with E-state index in [-0.39, 0.29) is 24.3 Å². The molecule has 0 aliphatic heterocycles. The van der Waals surface area contributed by atoms with Gasteiger partial charge in [-0.2, -0.15) is 0 Å². The largest absolute Gasteiger partial charge is 0.508 e. The number of benzene rings is 2. The van der Waals surface area contributed by atoms with Crippen LogP contribution in [0.15, 0.2) is 36.4 Å². The Balaban J connectivity index is 2.45. The van der Waals surface area contributed by atoms with Gasteiger partial charge in [0.25, 0.3) is 0 Å². The first kappa shape index (κ1) is 17.3. The number of carbonyl (C=O) groups excluding carboxylic acids is 1. The summed E-state index contributed by atoms with van der Waals surface area (Å²) in [5.41, 5.74) is 2.27. The maximum Gasteiger partial charge on any atom is 0.310 e. The lowest BCUT2D eigenvalue weighted by Crippen LogP contribution is -2.06. The fraction of sp³-hybridized carbons (Fsp3) is 0.222. The first-order chi connectivity index (χ1) is 11.4. The molecule has 0 saturated carbocycles. The first-order valence-corrected chi connectivity index (χ1v) is 7.33. The number of rotatable bonds is 6. The minimum atomic E-state index is -0.890. The molecule has 0 aliphatic rings. The average Bonchev–Trinajstić information content (AvgIpc) is 2.52. The second-order valence-electron chi connectivity index (χ2n) is 5.35. The van der Waals surface area contributed by atoms with Gasteiger partial charge in [0.2, 0.25) is 0 Å². The van der Waals surface area contributed by atoms with Crippen molar-refractivity contribution in [2.45, 2.75) is 19.3 Å². The fourth-order valence-corrected chi connectivity index (χ4v) is 2.50. The molecule has 6 heteroatoms. The number of aliphatic carboxylic acids is 1. The number of esters is 1. The van der Waals surface area contributed by atoms with Crippen molar-refractivity contribution < 1.29 is 29.6 Å². The van der Waals surface area contributed by atoms with Crippen molar-refractivity contribution in [3.8, 4) is 22.6 Å². The fourth-order valence-electron chi connectivity index (χ4n) is 2.50. The Kier molecular flexibility index (Phi) is 5.42. The second kappa shape index (κ2) is 7.50. The number of carbonyl (C=O) groups is 2. The highest BCUT2D eigenvalue weighted by Crippen LogP contribution is 2.37. The molecule has 24 heavy (non-hydrogen) atoms. The van der Waals surface area contributed by atoms with Crippen LogP contribution in [0.25, 0.3) is 11.1 Å². The molecule has 3 N–H and O–H groups in total. The Morgan fingerprint density at radius 3 is 2.54 bits per heavy atom. The Hall–Kier alpha value is -3.02. The molecule has 0 saturated heterocycles. The molecule has 2 aromatic carbocycles. The monoisotopic (exact) mass is 330 g/mol. The third-order valence-corrected chi connectivity index (χ3v) is 3.59. The number of carboxylic acid groups (broad SMARTS) is 1. The Morgan fingerprint density at radius 2 is 1.88 bits per heavy atom. The van der Waals surface area contributed by atoms with Gasteiger partial charge in [0.1, 0.15) is 11.5 Å². The normalized spacial score (nSPS) is 10.4. The van der Waals surface area contributed by atoms with E-state index in [4.69, 9.17) is 5.11 Å². The summed E-state index contributed by atoms with van der Waals surface area (Å²) < 4.78 is 4.65. The second-order valence-corrected chi connectivity index (χ2v) is 5.35. The summed E-state index contributed by atoms with van der Waals surface area (Å²) >= 11 is 0. The summed E-state index contributed by atoms with van der Waals surface area (Å²) in [6.07, 6.45) is 0.252. The first-order valence-electron chi connectivity index (χ1n) is 7.33. The minimum Gasteiger partial charge on any atom is -0.508 e. The highest BCUT2D eigenvalue weighted by Gasteiger charge is 2.16. The van der Waals surface area contributed by atoms with Crippen LogP contribution in [-0.2, 0) is 27.2 Å². The van der Waals surface area contributed by atoms with Gasteiger partial charge < -0.3 is 20.1 Å². The smallest absolute Gasteiger partial charge is 0.310 e. The average molecular weight is 330 g/mol. The Bertz CT molecular complexity index is 766. The van der Waals surface area contributed by atoms with Gasteiger partial charge in [0, 0.05) is 18.1 Å². The van der Waals surface area contributed by atoms with Crippen LogP contribution in [0.1, 0.15) is 17.5 Å². The number of phenolic OH excluding ortho intramolecular Hbond substituents is 2. The number of methoxy groups -OCH3 is 1. The summed E-state index contributed by atoms with van der Waals surface area (Å²) in [4.78, 5) is 22.3. The maximum atomic E-state index is 11.6. The predicted molar refractivity (Wildman–Crippen MR) is 86.9 cm³/mol. The molecule has 0 spiro atoms. The van der Waals surface area contributed by atoms with E-state index in [0.29, 0.717) is 23.1 Å². The summed E-state index contributed by atoms with van der Waals surface area (Å²) in [5.74, 6) is -1.70. The third kappa shape index (κ3) is 4.25. The summed E-state index contributed by atoms with van der Waals surface area (Å²) in [6, 6.07) is 9.65. The van der Waals surface area contributed by atoms with Gasteiger partial charge in [0.15, 0.2) is 0 Å². The lowest BCUT2D eigenvalue weighted by molar-refractivity contribution is -0.140. The molecule has 0 fully saturated rings. The predicted octanol–water partition coefficient (Wildman–Crippen LogP) is 2.50. The van der Waals surface area contributed by atoms with Crippen LogP contribution in [0.3, 0.4) is 0 Å². The minimum absolute atomic E-state index is 0.0000308. The van der Waals surface area contributed by atoms with E-state index in [2.05, 4.69) is 4.74 Å². The van der Waals surface area contributed by atoms with Gasteiger partial charge >= 0.3 is 11.9 Å². The molecule has 0 aliphatic carbocycles. The number of ether oxygens (including phenoxy) is 1. The van der Waals surface area contributed by atoms with Crippen LogP contribution in [0.4, 0.5) is 0 Å². The van der Waals surface area contributed by atoms with Crippen molar-refractivity contribution in [3.05, 3.63) is 47.5 Å². The van der Waals surface area contributed by atoms with Crippen LogP contribution >= 0.6 is 0 Å². The van der Waals surface area contributed by atoms with Gasteiger partial charge in [-0.05, 0) is 29.2 Å². The van der Waals surface area contributed by atoms with Crippen molar-refractivity contribution >= 4 is 11.9 Å². The third-order valence-electron chi connectivity index (χ3n) is 3.59. The number of carboxylic acids is 1. The topological polar surface area (TPSA) is 104 Å². The van der Waals surface area contributed by atoms with Crippen LogP contribution in [0.5, 0.6) is 11.5 Å². The van der Waals surface area contributed by atoms with Crippen LogP contribution in [0.2, 0.25) is 0 Å². The van der Waals surface area contributed by atoms with Crippen molar-refractivity contribution in [3.63, 3.8) is 0 Å². The van der Waals surface area contributed by atoms with E-state index < -0.39 is 11.9 Å². The van der Waals surface area contributed by atoms with Crippen molar-refractivity contribution in [2.24, 2.45) is 0 Å². The molecule has 126 valence electrons. The molecular formula is C18H18O6. The van der Waals surface area contributed by atoms with Gasteiger partial charge in [-0.15, -0.1) is 0 Å².